The van der Waals surface area contributed by atoms with Crippen molar-refractivity contribution in [2.24, 2.45) is 0 Å². The topological polar surface area (TPSA) is 227 Å². The van der Waals surface area contributed by atoms with Crippen molar-refractivity contribution in [1.82, 2.24) is 59.1 Å². The van der Waals surface area contributed by atoms with E-state index in [1.165, 1.54) is 18.2 Å². The van der Waals surface area contributed by atoms with Crippen LogP contribution in [0.25, 0.3) is 33.3 Å². The van der Waals surface area contributed by atoms with Crippen LogP contribution >= 0.6 is 22.6 Å². The summed E-state index contributed by atoms with van der Waals surface area (Å²) >= 11 is 2.15. The van der Waals surface area contributed by atoms with Crippen LogP contribution in [0.5, 0.6) is 0 Å². The van der Waals surface area contributed by atoms with Crippen molar-refractivity contribution >= 4 is 80.7 Å². The van der Waals surface area contributed by atoms with E-state index in [0.717, 1.165) is 62.9 Å². The lowest BCUT2D eigenvalue weighted by Gasteiger charge is -2.15. The average molecular weight is 983 g/mol. The number of aromatic nitrogens is 8. The number of nitrogen functional groups attached to an aromatic ring is 2. The van der Waals surface area contributed by atoms with Crippen molar-refractivity contribution in [3.8, 4) is 11.3 Å². The Morgan fingerprint density at radius 3 is 1.66 bits per heavy atom. The highest BCUT2D eigenvalue weighted by atomic mass is 127. The number of aryl methyl sites for hydroxylation is 2. The molecule has 8 rings (SSSR count). The Labute approximate surface area is 386 Å². The predicted molar refractivity (Wildman–Crippen MR) is 259 cm³/mol. The van der Waals surface area contributed by atoms with E-state index in [4.69, 9.17) is 26.6 Å². The van der Waals surface area contributed by atoms with Gasteiger partial charge >= 0.3 is 7.12 Å². The van der Waals surface area contributed by atoms with Crippen molar-refractivity contribution in [3.63, 3.8) is 0 Å². The summed E-state index contributed by atoms with van der Waals surface area (Å²) in [5.74, 6) is 0.927. The van der Waals surface area contributed by atoms with Crippen LogP contribution < -0.4 is 16.9 Å². The second-order valence-electron chi connectivity index (χ2n) is 16.4. The van der Waals surface area contributed by atoms with Crippen molar-refractivity contribution < 1.29 is 19.6 Å². The second-order valence-corrected chi connectivity index (χ2v) is 17.4. The minimum absolute atomic E-state index is 0.0312. The van der Waals surface area contributed by atoms with E-state index in [-0.39, 0.29) is 23.9 Å². The van der Waals surface area contributed by atoms with Crippen molar-refractivity contribution in [1.29, 1.82) is 0 Å². The molecule has 0 bridgehead atoms. The highest BCUT2D eigenvalue weighted by Gasteiger charge is 2.31. The Morgan fingerprint density at radius 2 is 1.17 bits per heavy atom. The molecule has 2 amide bonds. The molecule has 0 saturated carbocycles. The largest absolute Gasteiger partial charge is 0.488 e. The van der Waals surface area contributed by atoms with Gasteiger partial charge < -0.3 is 41.1 Å². The summed E-state index contributed by atoms with van der Waals surface area (Å²) in [6, 6.07) is 15.4. The lowest BCUT2D eigenvalue weighted by atomic mass is 9.80. The van der Waals surface area contributed by atoms with E-state index in [1.54, 1.807) is 24.3 Å². The summed E-state index contributed by atoms with van der Waals surface area (Å²) in [4.78, 5) is 49.5. The van der Waals surface area contributed by atoms with E-state index in [9.17, 15) is 9.59 Å². The van der Waals surface area contributed by atoms with Gasteiger partial charge in [0.2, 0.25) is 11.8 Å². The maximum absolute atomic E-state index is 12.5. The molecule has 0 spiro atoms. The molecule has 20 heteroatoms. The van der Waals surface area contributed by atoms with Gasteiger partial charge in [-0.25, -0.2) is 29.3 Å². The fourth-order valence-corrected chi connectivity index (χ4v) is 8.08. The molecule has 2 saturated heterocycles. The molecular formula is C44H56BIN14O4. The number of benzene rings is 2. The van der Waals surface area contributed by atoms with Gasteiger partial charge in [0.05, 0.1) is 22.9 Å². The predicted octanol–water partition coefficient (Wildman–Crippen LogP) is 2.85. The van der Waals surface area contributed by atoms with Crippen LogP contribution in [0.3, 0.4) is 0 Å². The highest BCUT2D eigenvalue weighted by Crippen LogP contribution is 2.34. The quantitative estimate of drug-likeness (QED) is 0.0881. The maximum atomic E-state index is 12.5. The van der Waals surface area contributed by atoms with E-state index < -0.39 is 7.12 Å². The number of halogens is 1. The minimum Gasteiger partial charge on any atom is -0.423 e. The van der Waals surface area contributed by atoms with Gasteiger partial charge in [-0.05, 0) is 82.9 Å². The summed E-state index contributed by atoms with van der Waals surface area (Å²) < 4.78 is 4.59. The van der Waals surface area contributed by atoms with Crippen molar-refractivity contribution in [3.05, 3.63) is 100 Å². The van der Waals surface area contributed by atoms with Crippen LogP contribution in [-0.2, 0) is 9.59 Å². The van der Waals surface area contributed by atoms with Crippen molar-refractivity contribution in [2.75, 3.05) is 78.9 Å². The number of carbonyl (C=O) groups excluding carboxylic acids is 2. The van der Waals surface area contributed by atoms with Gasteiger partial charge in [-0.1, -0.05) is 71.8 Å². The van der Waals surface area contributed by atoms with Gasteiger partial charge in [0.15, 0.2) is 11.3 Å². The normalized spacial score (nSPS) is 16.3. The Morgan fingerprint density at radius 1 is 0.719 bits per heavy atom. The van der Waals surface area contributed by atoms with Gasteiger partial charge in [0.25, 0.3) is 0 Å². The molecule has 2 atom stereocenters. The summed E-state index contributed by atoms with van der Waals surface area (Å²) in [5.41, 5.74) is 18.2. The van der Waals surface area contributed by atoms with Crippen molar-refractivity contribution in [2.45, 2.75) is 38.8 Å². The SMILES string of the molecule is CN(C)C/C=C/C(=O)N1CC[C@@H](n2nc(I)c3c(N)ncnc32)C1.Cc1ccc(-c2nn([C@@H]3CCN(C(=O)/C=C/CN(C)C)C3)c3ncnc(N)c23)cc1.Cc1ccc(B(O)O)cc1. The van der Waals surface area contributed by atoms with Gasteiger partial charge in [-0.2, -0.15) is 10.2 Å². The number of nitrogens with zero attached hydrogens (tertiary/aromatic N) is 12. The van der Waals surface area contributed by atoms with E-state index in [0.29, 0.717) is 48.9 Å². The van der Waals surface area contributed by atoms with Crippen LogP contribution in [0.2, 0.25) is 0 Å². The number of rotatable bonds is 10. The number of anilines is 2. The molecule has 336 valence electrons. The molecule has 2 aromatic carbocycles. The molecule has 6 heterocycles. The Balaban J connectivity index is 0.000000178. The Kier molecular flexibility index (Phi) is 16.2. The Bertz CT molecular complexity index is 2600. The third-order valence-electron chi connectivity index (χ3n) is 10.8. The molecule has 0 aliphatic carbocycles. The molecule has 2 aliphatic heterocycles. The first kappa shape index (κ1) is 47.7. The zero-order valence-electron chi connectivity index (χ0n) is 37.1. The molecule has 0 radical (unpaired) electrons. The number of amides is 2. The van der Waals surface area contributed by atoms with Crippen LogP contribution in [0.1, 0.15) is 36.1 Å². The molecule has 2 fully saturated rings. The first-order valence-corrected chi connectivity index (χ1v) is 22.0. The van der Waals surface area contributed by atoms with Gasteiger partial charge in [0.1, 0.15) is 33.7 Å². The summed E-state index contributed by atoms with van der Waals surface area (Å²) in [5, 5.41) is 28.3. The number of likely N-dealkylation sites (tertiary alicyclic amines) is 2. The molecule has 2 aliphatic rings. The van der Waals surface area contributed by atoms with E-state index >= 15 is 0 Å². The average Bonchev–Trinajstić information content (AvgIpc) is 4.08. The number of nitrogens with two attached hydrogens (primary N) is 2. The van der Waals surface area contributed by atoms with Crippen LogP contribution in [0.15, 0.2) is 85.5 Å². The number of hydrogen-bond donors (Lipinski definition) is 4. The first-order chi connectivity index (χ1) is 30.6. The fourth-order valence-electron chi connectivity index (χ4n) is 7.33. The van der Waals surface area contributed by atoms with E-state index in [1.807, 2.05) is 100 Å². The minimum atomic E-state index is -1.35. The Hall–Kier alpha value is -5.81. The summed E-state index contributed by atoms with van der Waals surface area (Å²) in [6.07, 6.45) is 11.7. The van der Waals surface area contributed by atoms with Crippen LogP contribution in [0.4, 0.5) is 11.6 Å². The van der Waals surface area contributed by atoms with Crippen LogP contribution in [-0.4, -0.2) is 156 Å². The lowest BCUT2D eigenvalue weighted by molar-refractivity contribution is -0.125. The standard InChI is InChI=1S/C22H27N7O.C15H20IN7O.C7H9BO2/c1-15-6-8-16(9-7-15)20-19-21(23)24-14-25-22(19)29(26-20)17-10-12-28(13-17)18(30)5-4-11-27(2)3;1-21(2)6-3-4-11(24)22-7-5-10(8-22)23-15-12(13(16)20-23)14(17)18-9-19-15;1-6-2-4-7(5-3-6)8(9)10/h4-9,14,17H,10-13H2,1-3H3,(H2,23,24,25);3-4,9-10H,5-8H2,1-2H3,(H2,17,18,19);2-5,9-10H,1H3/b5-4+;4-3+;/t17-;10-;/m11./s1. The number of fused-ring (bicyclic) bond motifs is 2. The molecule has 6 N–H and O–H groups in total. The zero-order chi connectivity index (χ0) is 46.1. The molecular weight excluding hydrogens is 926 g/mol. The zero-order valence-corrected chi connectivity index (χ0v) is 39.2. The van der Waals surface area contributed by atoms with Gasteiger partial charge in [0, 0.05) is 57.0 Å². The summed E-state index contributed by atoms with van der Waals surface area (Å²) in [7, 11) is 6.55. The van der Waals surface area contributed by atoms with E-state index in [2.05, 4.69) is 66.7 Å². The van der Waals surface area contributed by atoms with Gasteiger partial charge in [-0.3, -0.25) is 9.59 Å². The van der Waals surface area contributed by atoms with Crippen LogP contribution in [0, 0.1) is 17.5 Å². The van der Waals surface area contributed by atoms with Gasteiger partial charge in [-0.15, -0.1) is 0 Å². The monoisotopic (exact) mass is 982 g/mol. The number of carbonyl (C=O) groups is 2. The molecule has 4 aromatic heterocycles. The molecule has 0 unspecified atom stereocenters. The first-order valence-electron chi connectivity index (χ1n) is 20.9. The number of likely N-dealkylation sites (N-methyl/N-ethyl adjacent to an activating group) is 2. The third kappa shape index (κ3) is 11.9. The third-order valence-corrected chi connectivity index (χ3v) is 11.6. The lowest BCUT2D eigenvalue weighted by Crippen LogP contribution is -2.29. The molecule has 64 heavy (non-hydrogen) atoms. The molecule has 18 nitrogen and oxygen atoms in total. The highest BCUT2D eigenvalue weighted by molar-refractivity contribution is 14.1. The maximum Gasteiger partial charge on any atom is 0.488 e. The molecule has 6 aromatic rings. The smallest absolute Gasteiger partial charge is 0.423 e. The fraction of sp³-hybridized carbons (Fsp3) is 0.364. The summed E-state index contributed by atoms with van der Waals surface area (Å²) in [6.45, 7) is 8.12. The second kappa shape index (κ2) is 21.7. The number of hydrogen-bond acceptors (Lipinski definition) is 14.